The molecule has 0 radical (unpaired) electrons. The SMILES string of the molecule is COCCNC(=NCC(=O)N(C)C)NC1CCN(c2ccccn2)CC1. The number of aromatic nitrogens is 1. The maximum Gasteiger partial charge on any atom is 0.243 e. The first-order valence-corrected chi connectivity index (χ1v) is 9.00. The van der Waals surface area contributed by atoms with E-state index in [4.69, 9.17) is 4.74 Å². The summed E-state index contributed by atoms with van der Waals surface area (Å²) in [6.45, 7) is 3.24. The van der Waals surface area contributed by atoms with Crippen molar-refractivity contribution in [3.05, 3.63) is 24.4 Å². The van der Waals surface area contributed by atoms with Crippen LogP contribution in [0.4, 0.5) is 5.82 Å². The normalized spacial score (nSPS) is 15.7. The Bertz CT molecular complexity index is 570. The highest BCUT2D eigenvalue weighted by Crippen LogP contribution is 2.17. The van der Waals surface area contributed by atoms with Crippen molar-refractivity contribution in [1.29, 1.82) is 0 Å². The van der Waals surface area contributed by atoms with E-state index in [1.165, 1.54) is 0 Å². The highest BCUT2D eigenvalue weighted by Gasteiger charge is 2.21. The molecule has 0 unspecified atom stereocenters. The molecular formula is C18H30N6O2. The molecule has 0 atom stereocenters. The molecule has 1 aliphatic rings. The van der Waals surface area contributed by atoms with Gasteiger partial charge in [0.15, 0.2) is 5.96 Å². The van der Waals surface area contributed by atoms with Gasteiger partial charge in [0.1, 0.15) is 12.4 Å². The molecule has 2 heterocycles. The fraction of sp³-hybridized carbons (Fsp3) is 0.611. The number of nitrogens with one attached hydrogen (secondary N) is 2. The molecular weight excluding hydrogens is 332 g/mol. The number of pyridine rings is 1. The summed E-state index contributed by atoms with van der Waals surface area (Å²) in [6.07, 6.45) is 3.80. The van der Waals surface area contributed by atoms with E-state index in [-0.39, 0.29) is 12.5 Å². The number of aliphatic imine (C=N–C) groups is 1. The molecule has 0 spiro atoms. The molecule has 0 bridgehead atoms. The molecule has 0 aromatic carbocycles. The van der Waals surface area contributed by atoms with Gasteiger partial charge >= 0.3 is 0 Å². The van der Waals surface area contributed by atoms with Crippen molar-refractivity contribution >= 4 is 17.7 Å². The average Bonchev–Trinajstić information content (AvgIpc) is 2.67. The quantitative estimate of drug-likeness (QED) is 0.413. The van der Waals surface area contributed by atoms with Gasteiger partial charge < -0.3 is 25.2 Å². The summed E-state index contributed by atoms with van der Waals surface area (Å²) in [7, 11) is 5.13. The summed E-state index contributed by atoms with van der Waals surface area (Å²) in [5, 5.41) is 6.67. The Hall–Kier alpha value is -2.35. The highest BCUT2D eigenvalue weighted by molar-refractivity contribution is 5.84. The number of guanidine groups is 1. The van der Waals surface area contributed by atoms with Crippen LogP contribution in [-0.4, -0.2) is 81.8 Å². The number of methoxy groups -OCH3 is 1. The van der Waals surface area contributed by atoms with Gasteiger partial charge in [-0.2, -0.15) is 0 Å². The van der Waals surface area contributed by atoms with Gasteiger partial charge in [-0.1, -0.05) is 6.07 Å². The van der Waals surface area contributed by atoms with E-state index < -0.39 is 0 Å². The Balaban J connectivity index is 1.87. The fourth-order valence-corrected chi connectivity index (χ4v) is 2.70. The first-order chi connectivity index (χ1) is 12.6. The number of likely N-dealkylation sites (N-methyl/N-ethyl adjacent to an activating group) is 1. The number of amides is 1. The molecule has 1 saturated heterocycles. The smallest absolute Gasteiger partial charge is 0.243 e. The Morgan fingerprint density at radius 2 is 2.15 bits per heavy atom. The van der Waals surface area contributed by atoms with Crippen LogP contribution < -0.4 is 15.5 Å². The van der Waals surface area contributed by atoms with E-state index in [2.05, 4.69) is 25.5 Å². The van der Waals surface area contributed by atoms with Crippen LogP contribution in [0, 0.1) is 0 Å². The highest BCUT2D eigenvalue weighted by atomic mass is 16.5. The zero-order valence-electron chi connectivity index (χ0n) is 15.9. The zero-order chi connectivity index (χ0) is 18.8. The molecule has 1 fully saturated rings. The van der Waals surface area contributed by atoms with Gasteiger partial charge in [-0.05, 0) is 25.0 Å². The number of nitrogens with zero attached hydrogens (tertiary/aromatic N) is 4. The van der Waals surface area contributed by atoms with E-state index in [0.717, 1.165) is 31.7 Å². The van der Waals surface area contributed by atoms with Gasteiger partial charge in [0.25, 0.3) is 0 Å². The summed E-state index contributed by atoms with van der Waals surface area (Å²) in [6, 6.07) is 6.30. The fourth-order valence-electron chi connectivity index (χ4n) is 2.70. The summed E-state index contributed by atoms with van der Waals surface area (Å²) >= 11 is 0. The molecule has 0 aliphatic carbocycles. The number of hydrogen-bond acceptors (Lipinski definition) is 5. The number of piperidine rings is 1. The van der Waals surface area contributed by atoms with Crippen LogP contribution in [0.15, 0.2) is 29.4 Å². The van der Waals surface area contributed by atoms with Crippen molar-refractivity contribution in [2.75, 3.05) is 58.9 Å². The number of hydrogen-bond donors (Lipinski definition) is 2. The Morgan fingerprint density at radius 3 is 2.77 bits per heavy atom. The van der Waals surface area contributed by atoms with Crippen molar-refractivity contribution in [2.24, 2.45) is 4.99 Å². The Kier molecular flexibility index (Phi) is 8.14. The number of anilines is 1. The molecule has 8 nitrogen and oxygen atoms in total. The van der Waals surface area contributed by atoms with Crippen LogP contribution >= 0.6 is 0 Å². The second-order valence-electron chi connectivity index (χ2n) is 6.47. The van der Waals surface area contributed by atoms with Crippen LogP contribution in [0.5, 0.6) is 0 Å². The molecule has 2 N–H and O–H groups in total. The van der Waals surface area contributed by atoms with Crippen LogP contribution in [0.1, 0.15) is 12.8 Å². The Morgan fingerprint density at radius 1 is 1.38 bits per heavy atom. The zero-order valence-corrected chi connectivity index (χ0v) is 15.9. The van der Waals surface area contributed by atoms with Crippen LogP contribution in [0.25, 0.3) is 0 Å². The molecule has 0 saturated carbocycles. The lowest BCUT2D eigenvalue weighted by atomic mass is 10.1. The minimum absolute atomic E-state index is 0.0252. The van der Waals surface area contributed by atoms with E-state index in [1.807, 2.05) is 24.4 Å². The summed E-state index contributed by atoms with van der Waals surface area (Å²) in [5.74, 6) is 1.66. The van der Waals surface area contributed by atoms with E-state index in [0.29, 0.717) is 25.2 Å². The summed E-state index contributed by atoms with van der Waals surface area (Å²) < 4.78 is 5.08. The van der Waals surface area contributed by atoms with Gasteiger partial charge in [-0.3, -0.25) is 4.79 Å². The van der Waals surface area contributed by atoms with E-state index >= 15 is 0 Å². The number of ether oxygens (including phenoxy) is 1. The molecule has 144 valence electrons. The van der Waals surface area contributed by atoms with Crippen molar-refractivity contribution in [3.63, 3.8) is 0 Å². The molecule has 1 aromatic rings. The second kappa shape index (κ2) is 10.6. The van der Waals surface area contributed by atoms with Crippen LogP contribution in [-0.2, 0) is 9.53 Å². The maximum absolute atomic E-state index is 11.8. The summed E-state index contributed by atoms with van der Waals surface area (Å²) in [5.41, 5.74) is 0. The third-order valence-electron chi connectivity index (χ3n) is 4.28. The predicted molar refractivity (Wildman–Crippen MR) is 103 cm³/mol. The van der Waals surface area contributed by atoms with E-state index in [9.17, 15) is 4.79 Å². The average molecular weight is 362 g/mol. The molecule has 1 aromatic heterocycles. The van der Waals surface area contributed by atoms with Gasteiger partial charge in [0.05, 0.1) is 6.61 Å². The van der Waals surface area contributed by atoms with Crippen molar-refractivity contribution in [3.8, 4) is 0 Å². The predicted octanol–water partition coefficient (Wildman–Crippen LogP) is 0.320. The third kappa shape index (κ3) is 6.51. The number of carbonyl (C=O) groups is 1. The minimum Gasteiger partial charge on any atom is -0.383 e. The van der Waals surface area contributed by atoms with E-state index in [1.54, 1.807) is 26.1 Å². The number of carbonyl (C=O) groups excluding carboxylic acids is 1. The first-order valence-electron chi connectivity index (χ1n) is 9.00. The summed E-state index contributed by atoms with van der Waals surface area (Å²) in [4.78, 5) is 24.5. The number of rotatable bonds is 7. The Labute approximate surface area is 155 Å². The van der Waals surface area contributed by atoms with Crippen LogP contribution in [0.2, 0.25) is 0 Å². The molecule has 1 amide bonds. The molecule has 1 aliphatic heterocycles. The van der Waals surface area contributed by atoms with Crippen molar-refractivity contribution < 1.29 is 9.53 Å². The van der Waals surface area contributed by atoms with Crippen molar-refractivity contribution in [1.82, 2.24) is 20.5 Å². The second-order valence-corrected chi connectivity index (χ2v) is 6.47. The van der Waals surface area contributed by atoms with Gasteiger partial charge in [0, 0.05) is 53.1 Å². The van der Waals surface area contributed by atoms with Gasteiger partial charge in [-0.25, -0.2) is 9.98 Å². The lowest BCUT2D eigenvalue weighted by molar-refractivity contribution is -0.127. The largest absolute Gasteiger partial charge is 0.383 e. The standard InChI is InChI=1S/C18H30N6O2/c1-23(2)17(25)14-21-18(20-10-13-26-3)22-15-7-11-24(12-8-15)16-6-4-5-9-19-16/h4-6,9,15H,7-8,10-14H2,1-3H3,(H2,20,21,22). The topological polar surface area (TPSA) is 82.1 Å². The van der Waals surface area contributed by atoms with Crippen LogP contribution in [0.3, 0.4) is 0 Å². The van der Waals surface area contributed by atoms with Gasteiger partial charge in [-0.15, -0.1) is 0 Å². The molecule has 8 heteroatoms. The van der Waals surface area contributed by atoms with Gasteiger partial charge in [0.2, 0.25) is 5.91 Å². The van der Waals surface area contributed by atoms with Crippen molar-refractivity contribution in [2.45, 2.75) is 18.9 Å². The first kappa shape index (κ1) is 20.0. The minimum atomic E-state index is -0.0252. The maximum atomic E-state index is 11.8. The molecule has 2 rings (SSSR count). The lowest BCUT2D eigenvalue weighted by Crippen LogP contribution is -2.49. The third-order valence-corrected chi connectivity index (χ3v) is 4.28. The lowest BCUT2D eigenvalue weighted by Gasteiger charge is -2.33. The monoisotopic (exact) mass is 362 g/mol. The molecule has 26 heavy (non-hydrogen) atoms.